The largest absolute Gasteiger partial charge is 0.365 e. The first-order chi connectivity index (χ1) is 7.36. The van der Waals surface area contributed by atoms with Crippen LogP contribution in [0.25, 0.3) is 0 Å². The molecule has 1 aliphatic rings. The monoisotopic (exact) mass is 207 g/mol. The number of rotatable bonds is 3. The average molecular weight is 207 g/mol. The molecule has 82 valence electrons. The van der Waals surface area contributed by atoms with Gasteiger partial charge in [-0.3, -0.25) is 4.79 Å². The Morgan fingerprint density at radius 3 is 2.87 bits per heavy atom. The van der Waals surface area contributed by atoms with Gasteiger partial charge in [0.15, 0.2) is 0 Å². The number of nitrogens with zero attached hydrogens (tertiary/aromatic N) is 1. The number of amides is 1. The molecule has 0 atom stereocenters. The summed E-state index contributed by atoms with van der Waals surface area (Å²) >= 11 is 0. The average Bonchev–Trinajstić information content (AvgIpc) is 2.80. The predicted molar refractivity (Wildman–Crippen MR) is 58.6 cm³/mol. The third kappa shape index (κ3) is 2.83. The van der Waals surface area contributed by atoms with E-state index in [-0.39, 0.29) is 5.91 Å². The van der Waals surface area contributed by atoms with Crippen LogP contribution in [0.2, 0.25) is 0 Å². The van der Waals surface area contributed by atoms with E-state index in [2.05, 4.69) is 10.3 Å². The molecule has 4 heteroatoms. The molecule has 1 fully saturated rings. The summed E-state index contributed by atoms with van der Waals surface area (Å²) in [6, 6.07) is 3.98. The van der Waals surface area contributed by atoms with Crippen molar-refractivity contribution in [3.63, 3.8) is 0 Å². The number of carbonyl (C=O) groups is 1. The van der Waals surface area contributed by atoms with E-state index >= 15 is 0 Å². The lowest BCUT2D eigenvalue weighted by molar-refractivity contribution is -0.131. The molecule has 1 amide bonds. The van der Waals surface area contributed by atoms with Gasteiger partial charge in [-0.15, -0.1) is 0 Å². The molecule has 2 rings (SSSR count). The summed E-state index contributed by atoms with van der Waals surface area (Å²) in [7, 11) is 0. The predicted octanol–water partition coefficient (Wildman–Crippen LogP) is 0.379. The Morgan fingerprint density at radius 2 is 2.20 bits per heavy atom. The number of aryl methyl sites for hydroxylation is 1. The molecule has 0 aliphatic carbocycles. The van der Waals surface area contributed by atoms with E-state index in [1.807, 2.05) is 23.2 Å². The number of hydrogen-bond donors (Lipinski definition) is 2. The molecule has 1 saturated heterocycles. The molecular formula is C11H17N3O. The number of aromatic nitrogens is 1. The van der Waals surface area contributed by atoms with E-state index < -0.39 is 0 Å². The maximum absolute atomic E-state index is 11.8. The van der Waals surface area contributed by atoms with Crippen LogP contribution >= 0.6 is 0 Å². The molecule has 15 heavy (non-hydrogen) atoms. The van der Waals surface area contributed by atoms with Gasteiger partial charge < -0.3 is 15.2 Å². The van der Waals surface area contributed by atoms with E-state index in [4.69, 9.17) is 0 Å². The summed E-state index contributed by atoms with van der Waals surface area (Å²) in [4.78, 5) is 16.8. The highest BCUT2D eigenvalue weighted by atomic mass is 16.2. The Hall–Kier alpha value is -1.29. The normalized spacial score (nSPS) is 16.7. The lowest BCUT2D eigenvalue weighted by Crippen LogP contribution is -2.46. The van der Waals surface area contributed by atoms with Crippen molar-refractivity contribution in [1.82, 2.24) is 15.2 Å². The van der Waals surface area contributed by atoms with E-state index in [0.29, 0.717) is 6.42 Å². The van der Waals surface area contributed by atoms with E-state index in [1.54, 1.807) is 0 Å². The summed E-state index contributed by atoms with van der Waals surface area (Å²) in [5.74, 6) is 0.270. The Balaban J connectivity index is 1.76. The minimum Gasteiger partial charge on any atom is -0.365 e. The van der Waals surface area contributed by atoms with Crippen LogP contribution in [-0.2, 0) is 11.2 Å². The van der Waals surface area contributed by atoms with Crippen LogP contribution in [-0.4, -0.2) is 42.0 Å². The highest BCUT2D eigenvalue weighted by Gasteiger charge is 2.15. The number of nitrogens with one attached hydrogen (secondary N) is 2. The Labute approximate surface area is 89.7 Å². The lowest BCUT2D eigenvalue weighted by atomic mass is 10.2. The van der Waals surface area contributed by atoms with Crippen LogP contribution in [0.5, 0.6) is 0 Å². The van der Waals surface area contributed by atoms with Gasteiger partial charge in [0.1, 0.15) is 0 Å². The minimum atomic E-state index is 0.270. The summed E-state index contributed by atoms with van der Waals surface area (Å²) in [5.41, 5.74) is 1.14. The standard InChI is InChI=1S/C11H17N3O/c15-11(14-8-6-12-7-9-14)4-3-10-2-1-5-13-10/h1-2,5,12-13H,3-4,6-9H2. The van der Waals surface area contributed by atoms with Gasteiger partial charge in [0.05, 0.1) is 0 Å². The van der Waals surface area contributed by atoms with Crippen molar-refractivity contribution in [1.29, 1.82) is 0 Å². The number of hydrogen-bond acceptors (Lipinski definition) is 2. The van der Waals surface area contributed by atoms with Gasteiger partial charge in [0, 0.05) is 44.5 Å². The van der Waals surface area contributed by atoms with Gasteiger partial charge in [-0.2, -0.15) is 0 Å². The number of piperazine rings is 1. The molecule has 4 nitrogen and oxygen atoms in total. The molecule has 1 aromatic heterocycles. The van der Waals surface area contributed by atoms with Crippen molar-refractivity contribution in [2.24, 2.45) is 0 Å². The van der Waals surface area contributed by atoms with Gasteiger partial charge in [-0.05, 0) is 18.6 Å². The Bertz CT molecular complexity index is 302. The quantitative estimate of drug-likeness (QED) is 0.752. The molecule has 0 aromatic carbocycles. The molecule has 0 saturated carbocycles. The molecule has 0 bridgehead atoms. The first-order valence-electron chi connectivity index (χ1n) is 5.47. The molecular weight excluding hydrogens is 190 g/mol. The van der Waals surface area contributed by atoms with Crippen LogP contribution in [0.3, 0.4) is 0 Å². The highest BCUT2D eigenvalue weighted by molar-refractivity contribution is 5.76. The van der Waals surface area contributed by atoms with Gasteiger partial charge in [-0.1, -0.05) is 0 Å². The molecule has 0 unspecified atom stereocenters. The highest BCUT2D eigenvalue weighted by Crippen LogP contribution is 2.03. The van der Waals surface area contributed by atoms with Gasteiger partial charge in [0.25, 0.3) is 0 Å². The molecule has 2 heterocycles. The molecule has 0 radical (unpaired) electrons. The van der Waals surface area contributed by atoms with Crippen LogP contribution < -0.4 is 5.32 Å². The van der Waals surface area contributed by atoms with Crippen molar-refractivity contribution in [2.75, 3.05) is 26.2 Å². The van der Waals surface area contributed by atoms with Crippen LogP contribution in [0.15, 0.2) is 18.3 Å². The molecule has 1 aliphatic heterocycles. The maximum atomic E-state index is 11.8. The first kappa shape index (κ1) is 10.2. The zero-order chi connectivity index (χ0) is 10.5. The zero-order valence-corrected chi connectivity index (χ0v) is 8.83. The minimum absolute atomic E-state index is 0.270. The van der Waals surface area contributed by atoms with Crippen molar-refractivity contribution < 1.29 is 4.79 Å². The van der Waals surface area contributed by atoms with Gasteiger partial charge >= 0.3 is 0 Å². The van der Waals surface area contributed by atoms with Crippen molar-refractivity contribution >= 4 is 5.91 Å². The second kappa shape index (κ2) is 4.98. The third-order valence-corrected chi connectivity index (χ3v) is 2.74. The fourth-order valence-electron chi connectivity index (χ4n) is 1.84. The van der Waals surface area contributed by atoms with E-state index in [9.17, 15) is 4.79 Å². The first-order valence-corrected chi connectivity index (χ1v) is 5.47. The van der Waals surface area contributed by atoms with E-state index in [0.717, 1.165) is 38.3 Å². The number of H-pyrrole nitrogens is 1. The Kier molecular flexibility index (Phi) is 3.40. The van der Waals surface area contributed by atoms with Crippen LogP contribution in [0.1, 0.15) is 12.1 Å². The molecule has 0 spiro atoms. The van der Waals surface area contributed by atoms with Crippen molar-refractivity contribution in [3.05, 3.63) is 24.0 Å². The van der Waals surface area contributed by atoms with Gasteiger partial charge in [-0.25, -0.2) is 0 Å². The number of aromatic amines is 1. The summed E-state index contributed by atoms with van der Waals surface area (Å²) in [6.45, 7) is 3.55. The zero-order valence-electron chi connectivity index (χ0n) is 8.83. The van der Waals surface area contributed by atoms with Crippen molar-refractivity contribution in [3.8, 4) is 0 Å². The molecule has 2 N–H and O–H groups in total. The summed E-state index contributed by atoms with van der Waals surface area (Å²) < 4.78 is 0. The summed E-state index contributed by atoms with van der Waals surface area (Å²) in [5, 5.41) is 3.24. The van der Waals surface area contributed by atoms with Crippen LogP contribution in [0.4, 0.5) is 0 Å². The fourth-order valence-corrected chi connectivity index (χ4v) is 1.84. The number of carbonyl (C=O) groups excluding carboxylic acids is 1. The van der Waals surface area contributed by atoms with Crippen molar-refractivity contribution in [2.45, 2.75) is 12.8 Å². The van der Waals surface area contributed by atoms with E-state index in [1.165, 1.54) is 0 Å². The smallest absolute Gasteiger partial charge is 0.223 e. The SMILES string of the molecule is O=C(CCc1ccc[nH]1)N1CCNCC1. The maximum Gasteiger partial charge on any atom is 0.223 e. The fraction of sp³-hybridized carbons (Fsp3) is 0.545. The lowest BCUT2D eigenvalue weighted by Gasteiger charge is -2.27. The van der Waals surface area contributed by atoms with Crippen LogP contribution in [0, 0.1) is 0 Å². The van der Waals surface area contributed by atoms with Gasteiger partial charge in [0.2, 0.25) is 5.91 Å². The topological polar surface area (TPSA) is 48.1 Å². The molecule has 1 aromatic rings. The second-order valence-corrected chi connectivity index (χ2v) is 3.83. The third-order valence-electron chi connectivity index (χ3n) is 2.74. The second-order valence-electron chi connectivity index (χ2n) is 3.83. The summed E-state index contributed by atoms with van der Waals surface area (Å²) in [6.07, 6.45) is 3.32. The Morgan fingerprint density at radius 1 is 1.40 bits per heavy atom.